The number of ether oxygens (including phenoxy) is 1. The lowest BCUT2D eigenvalue weighted by Crippen LogP contribution is -2.41. The number of hydrogen-bond acceptors (Lipinski definition) is 5. The summed E-state index contributed by atoms with van der Waals surface area (Å²) in [5.74, 6) is -0.647. The Bertz CT molecular complexity index is 716. The van der Waals surface area contributed by atoms with Crippen molar-refractivity contribution in [2.75, 3.05) is 6.54 Å². The predicted molar refractivity (Wildman–Crippen MR) is 87.1 cm³/mol. The van der Waals surface area contributed by atoms with Gasteiger partial charge in [-0.1, -0.05) is 30.3 Å². The van der Waals surface area contributed by atoms with Gasteiger partial charge >= 0.3 is 5.97 Å². The van der Waals surface area contributed by atoms with Gasteiger partial charge in [0.05, 0.1) is 11.9 Å². The fourth-order valence-electron chi connectivity index (χ4n) is 2.73. The van der Waals surface area contributed by atoms with Gasteiger partial charge in [-0.3, -0.25) is 9.78 Å². The van der Waals surface area contributed by atoms with Crippen LogP contribution in [0.15, 0.2) is 42.7 Å². The number of hydrogen-bond donors (Lipinski definition) is 0. The Balaban J connectivity index is 1.65. The number of esters is 1. The Morgan fingerprint density at radius 1 is 1.21 bits per heavy atom. The van der Waals surface area contributed by atoms with Gasteiger partial charge in [0.1, 0.15) is 18.3 Å². The molecular formula is C18H19N3O3. The van der Waals surface area contributed by atoms with Crippen molar-refractivity contribution in [3.8, 4) is 0 Å². The van der Waals surface area contributed by atoms with E-state index in [2.05, 4.69) is 9.97 Å². The van der Waals surface area contributed by atoms with Crippen LogP contribution in [0.3, 0.4) is 0 Å². The predicted octanol–water partition coefficient (Wildman–Crippen LogP) is 2.13. The number of nitrogens with zero attached hydrogens (tertiary/aromatic N) is 3. The van der Waals surface area contributed by atoms with Crippen molar-refractivity contribution in [3.05, 3.63) is 59.7 Å². The van der Waals surface area contributed by atoms with E-state index in [1.165, 1.54) is 11.1 Å². The van der Waals surface area contributed by atoms with E-state index in [0.717, 1.165) is 17.7 Å². The lowest BCUT2D eigenvalue weighted by atomic mass is 10.2. The van der Waals surface area contributed by atoms with E-state index >= 15 is 0 Å². The number of aromatic nitrogens is 2. The highest BCUT2D eigenvalue weighted by Crippen LogP contribution is 2.21. The van der Waals surface area contributed by atoms with E-state index in [-0.39, 0.29) is 24.2 Å². The third-order valence-corrected chi connectivity index (χ3v) is 4.01. The Kier molecular flexibility index (Phi) is 4.84. The summed E-state index contributed by atoms with van der Waals surface area (Å²) in [5, 5.41) is 0. The van der Waals surface area contributed by atoms with Crippen molar-refractivity contribution in [2.24, 2.45) is 0 Å². The van der Waals surface area contributed by atoms with Crippen molar-refractivity contribution in [3.63, 3.8) is 0 Å². The molecule has 2 aromatic rings. The maximum absolute atomic E-state index is 12.6. The summed E-state index contributed by atoms with van der Waals surface area (Å²) in [4.78, 5) is 34.7. The second-order valence-electron chi connectivity index (χ2n) is 5.79. The molecule has 0 N–H and O–H groups in total. The Morgan fingerprint density at radius 2 is 2.00 bits per heavy atom. The number of rotatable bonds is 4. The minimum Gasteiger partial charge on any atom is -0.459 e. The van der Waals surface area contributed by atoms with E-state index < -0.39 is 6.04 Å². The second-order valence-corrected chi connectivity index (χ2v) is 5.79. The number of aryl methyl sites for hydroxylation is 1. The third kappa shape index (κ3) is 3.59. The number of likely N-dealkylation sites (tertiary alicyclic amines) is 1. The van der Waals surface area contributed by atoms with Gasteiger partial charge in [-0.2, -0.15) is 0 Å². The molecule has 3 rings (SSSR count). The van der Waals surface area contributed by atoms with Crippen LogP contribution >= 0.6 is 0 Å². The van der Waals surface area contributed by atoms with Crippen molar-refractivity contribution >= 4 is 11.9 Å². The van der Waals surface area contributed by atoms with Crippen LogP contribution in [0.4, 0.5) is 0 Å². The minimum absolute atomic E-state index is 0.211. The normalized spacial score (nSPS) is 16.9. The number of carbonyl (C=O) groups is 2. The van der Waals surface area contributed by atoms with Gasteiger partial charge in [0.25, 0.3) is 5.91 Å². The maximum Gasteiger partial charge on any atom is 0.329 e. The molecule has 1 aromatic carbocycles. The molecule has 6 nitrogen and oxygen atoms in total. The van der Waals surface area contributed by atoms with Crippen LogP contribution in [-0.4, -0.2) is 39.3 Å². The zero-order valence-electron chi connectivity index (χ0n) is 13.5. The van der Waals surface area contributed by atoms with Crippen LogP contribution in [0.25, 0.3) is 0 Å². The SMILES string of the molecule is Cc1cnc(C(=O)N2CCC[C@H]2C(=O)OCc2ccccc2)cn1. The first-order valence-corrected chi connectivity index (χ1v) is 7.95. The second kappa shape index (κ2) is 7.21. The molecule has 1 aliphatic heterocycles. The molecule has 1 saturated heterocycles. The Hall–Kier alpha value is -2.76. The molecule has 24 heavy (non-hydrogen) atoms. The quantitative estimate of drug-likeness (QED) is 0.805. The summed E-state index contributed by atoms with van der Waals surface area (Å²) in [6, 6.07) is 8.93. The molecular weight excluding hydrogens is 306 g/mol. The third-order valence-electron chi connectivity index (χ3n) is 4.01. The molecule has 1 fully saturated rings. The molecule has 0 radical (unpaired) electrons. The first-order valence-electron chi connectivity index (χ1n) is 7.95. The van der Waals surface area contributed by atoms with Crippen LogP contribution in [0, 0.1) is 6.92 Å². The standard InChI is InChI=1S/C18H19N3O3/c1-13-10-20-15(11-19-13)17(22)21-9-5-8-16(21)18(23)24-12-14-6-3-2-4-7-14/h2-4,6-7,10-11,16H,5,8-9,12H2,1H3/t16-/m0/s1. The van der Waals surface area contributed by atoms with Gasteiger partial charge in [-0.15, -0.1) is 0 Å². The summed E-state index contributed by atoms with van der Waals surface area (Å²) in [5.41, 5.74) is 1.92. The molecule has 1 amide bonds. The highest BCUT2D eigenvalue weighted by Gasteiger charge is 2.36. The average Bonchev–Trinajstić information content (AvgIpc) is 3.10. The van der Waals surface area contributed by atoms with Gasteiger partial charge < -0.3 is 9.64 Å². The smallest absolute Gasteiger partial charge is 0.329 e. The summed E-state index contributed by atoms with van der Waals surface area (Å²) in [6.45, 7) is 2.54. The molecule has 2 heterocycles. The molecule has 0 saturated carbocycles. The highest BCUT2D eigenvalue weighted by atomic mass is 16.5. The number of amides is 1. The largest absolute Gasteiger partial charge is 0.459 e. The van der Waals surface area contributed by atoms with Crippen LogP contribution < -0.4 is 0 Å². The molecule has 0 spiro atoms. The van der Waals surface area contributed by atoms with E-state index in [1.807, 2.05) is 30.3 Å². The van der Waals surface area contributed by atoms with E-state index in [9.17, 15) is 9.59 Å². The summed E-state index contributed by atoms with van der Waals surface area (Å²) in [7, 11) is 0. The van der Waals surface area contributed by atoms with Crippen LogP contribution in [-0.2, 0) is 16.1 Å². The molecule has 1 atom stereocenters. The lowest BCUT2D eigenvalue weighted by molar-refractivity contribution is -0.149. The Labute approximate surface area is 140 Å². The van der Waals surface area contributed by atoms with Gasteiger partial charge in [0.15, 0.2) is 0 Å². The fourth-order valence-corrected chi connectivity index (χ4v) is 2.73. The molecule has 1 aromatic heterocycles. The summed E-state index contributed by atoms with van der Waals surface area (Å²) >= 11 is 0. The van der Waals surface area contributed by atoms with Crippen LogP contribution in [0.5, 0.6) is 0 Å². The van der Waals surface area contributed by atoms with E-state index in [0.29, 0.717) is 13.0 Å². The van der Waals surface area contributed by atoms with Crippen molar-refractivity contribution in [1.82, 2.24) is 14.9 Å². The van der Waals surface area contributed by atoms with E-state index in [1.54, 1.807) is 13.1 Å². The topological polar surface area (TPSA) is 72.4 Å². The zero-order valence-corrected chi connectivity index (χ0v) is 13.5. The molecule has 1 aliphatic rings. The average molecular weight is 325 g/mol. The van der Waals surface area contributed by atoms with Crippen LogP contribution in [0.2, 0.25) is 0 Å². The Morgan fingerprint density at radius 3 is 2.71 bits per heavy atom. The molecule has 0 bridgehead atoms. The molecule has 0 unspecified atom stereocenters. The maximum atomic E-state index is 12.6. The molecule has 124 valence electrons. The van der Waals surface area contributed by atoms with Gasteiger partial charge in [0.2, 0.25) is 0 Å². The van der Waals surface area contributed by atoms with Crippen molar-refractivity contribution in [1.29, 1.82) is 0 Å². The molecule has 6 heteroatoms. The van der Waals surface area contributed by atoms with Gasteiger partial charge in [-0.25, -0.2) is 9.78 Å². The zero-order chi connectivity index (χ0) is 16.9. The fraction of sp³-hybridized carbons (Fsp3) is 0.333. The van der Waals surface area contributed by atoms with Gasteiger partial charge in [-0.05, 0) is 25.3 Å². The summed E-state index contributed by atoms with van der Waals surface area (Å²) < 4.78 is 5.38. The summed E-state index contributed by atoms with van der Waals surface area (Å²) in [6.07, 6.45) is 4.38. The first-order chi connectivity index (χ1) is 11.6. The van der Waals surface area contributed by atoms with Gasteiger partial charge in [0, 0.05) is 12.7 Å². The lowest BCUT2D eigenvalue weighted by Gasteiger charge is -2.22. The van der Waals surface area contributed by atoms with E-state index in [4.69, 9.17) is 4.74 Å². The number of carbonyl (C=O) groups excluding carboxylic acids is 2. The van der Waals surface area contributed by atoms with Crippen LogP contribution in [0.1, 0.15) is 34.6 Å². The number of benzene rings is 1. The minimum atomic E-state index is -0.552. The monoisotopic (exact) mass is 325 g/mol. The molecule has 0 aliphatic carbocycles. The first kappa shape index (κ1) is 16.1. The van der Waals surface area contributed by atoms with Crippen molar-refractivity contribution in [2.45, 2.75) is 32.4 Å². The highest BCUT2D eigenvalue weighted by molar-refractivity contribution is 5.95. The van der Waals surface area contributed by atoms with Crippen molar-refractivity contribution < 1.29 is 14.3 Å².